The average Bonchev–Trinajstić information content (AvgIpc) is 3.00. The first kappa shape index (κ1) is 15.1. The smallest absolute Gasteiger partial charge is 0.263 e. The van der Waals surface area contributed by atoms with Crippen molar-refractivity contribution in [2.75, 3.05) is 0 Å². The molecular weight excluding hydrogens is 365 g/mol. The van der Waals surface area contributed by atoms with Crippen molar-refractivity contribution in [1.29, 1.82) is 0 Å². The van der Waals surface area contributed by atoms with Crippen LogP contribution in [0.1, 0.15) is 4.88 Å². The molecule has 0 bridgehead atoms. The normalized spacial score (nSPS) is 16.6. The Morgan fingerprint density at radius 1 is 1.24 bits per heavy atom. The molecule has 1 aliphatic rings. The lowest BCUT2D eigenvalue weighted by molar-refractivity contribution is -0.115. The van der Waals surface area contributed by atoms with Crippen LogP contribution in [-0.4, -0.2) is 10.2 Å². The molecule has 106 valence electrons. The number of benzene rings is 1. The Morgan fingerprint density at radius 3 is 2.76 bits per heavy atom. The van der Waals surface area contributed by atoms with E-state index in [2.05, 4.69) is 5.32 Å². The maximum absolute atomic E-state index is 11.6. The van der Waals surface area contributed by atoms with Gasteiger partial charge in [-0.25, -0.2) is 0 Å². The van der Waals surface area contributed by atoms with E-state index in [1.165, 1.54) is 23.1 Å². The molecule has 1 aliphatic heterocycles. The van der Waals surface area contributed by atoms with Crippen molar-refractivity contribution >= 4 is 74.8 Å². The van der Waals surface area contributed by atoms with Crippen molar-refractivity contribution in [1.82, 2.24) is 5.32 Å². The van der Waals surface area contributed by atoms with Crippen LogP contribution in [0.5, 0.6) is 0 Å². The number of halogens is 2. The summed E-state index contributed by atoms with van der Waals surface area (Å²) in [6.45, 7) is 0. The highest BCUT2D eigenvalue weighted by atomic mass is 35.5. The second kappa shape index (κ2) is 6.10. The summed E-state index contributed by atoms with van der Waals surface area (Å²) in [5, 5.41) is 5.86. The molecule has 1 N–H and O–H groups in total. The Bertz CT molecular complexity index is 782. The van der Waals surface area contributed by atoms with Gasteiger partial charge in [0.15, 0.2) is 0 Å². The molecule has 3 rings (SSSR count). The van der Waals surface area contributed by atoms with E-state index in [1.54, 1.807) is 12.1 Å². The Labute approximate surface area is 145 Å². The summed E-state index contributed by atoms with van der Waals surface area (Å²) in [7, 11) is 0. The van der Waals surface area contributed by atoms with E-state index in [9.17, 15) is 4.79 Å². The van der Waals surface area contributed by atoms with Crippen LogP contribution in [0.4, 0.5) is 0 Å². The van der Waals surface area contributed by atoms with Crippen LogP contribution < -0.4 is 5.32 Å². The van der Waals surface area contributed by atoms with Crippen molar-refractivity contribution in [3.63, 3.8) is 0 Å². The van der Waals surface area contributed by atoms with Gasteiger partial charge < -0.3 is 5.32 Å². The second-order valence-corrected chi connectivity index (χ2v) is 7.72. The van der Waals surface area contributed by atoms with Gasteiger partial charge >= 0.3 is 0 Å². The van der Waals surface area contributed by atoms with E-state index in [4.69, 9.17) is 35.4 Å². The molecule has 0 spiro atoms. The zero-order chi connectivity index (χ0) is 15.0. The highest BCUT2D eigenvalue weighted by molar-refractivity contribution is 8.26. The van der Waals surface area contributed by atoms with Gasteiger partial charge in [-0.15, -0.1) is 11.3 Å². The first-order valence-electron chi connectivity index (χ1n) is 5.82. The summed E-state index contributed by atoms with van der Waals surface area (Å²) in [6.07, 6.45) is 1.83. The summed E-state index contributed by atoms with van der Waals surface area (Å²) in [5.41, 5.74) is 1.86. The van der Waals surface area contributed by atoms with Gasteiger partial charge in [0.25, 0.3) is 5.91 Å². The monoisotopic (exact) mass is 371 g/mol. The van der Waals surface area contributed by atoms with Crippen molar-refractivity contribution in [3.05, 3.63) is 49.5 Å². The summed E-state index contributed by atoms with van der Waals surface area (Å²) in [4.78, 5) is 13.2. The van der Waals surface area contributed by atoms with Gasteiger partial charge in [0, 0.05) is 20.5 Å². The molecule has 1 fully saturated rings. The van der Waals surface area contributed by atoms with E-state index in [1.807, 2.05) is 23.6 Å². The predicted molar refractivity (Wildman–Crippen MR) is 96.1 cm³/mol. The van der Waals surface area contributed by atoms with Crippen LogP contribution in [0.3, 0.4) is 0 Å². The molecule has 0 saturated carbocycles. The zero-order valence-electron chi connectivity index (χ0n) is 10.4. The Morgan fingerprint density at radius 2 is 2.05 bits per heavy atom. The van der Waals surface area contributed by atoms with Crippen molar-refractivity contribution in [2.45, 2.75) is 0 Å². The summed E-state index contributed by atoms with van der Waals surface area (Å²) in [6, 6.07) is 7.33. The number of nitrogens with one attached hydrogen (secondary N) is 1. The second-order valence-electron chi connectivity index (χ2n) is 4.21. The maximum atomic E-state index is 11.6. The summed E-state index contributed by atoms with van der Waals surface area (Å²) in [5.74, 6) is -0.152. The number of hydrogen-bond donors (Lipinski definition) is 1. The van der Waals surface area contributed by atoms with E-state index >= 15 is 0 Å². The number of thiophene rings is 1. The van der Waals surface area contributed by atoms with Crippen LogP contribution >= 0.6 is 58.5 Å². The topological polar surface area (TPSA) is 29.1 Å². The van der Waals surface area contributed by atoms with Gasteiger partial charge in [-0.2, -0.15) is 0 Å². The summed E-state index contributed by atoms with van der Waals surface area (Å²) < 4.78 is 0.487. The fourth-order valence-electron chi connectivity index (χ4n) is 1.84. The molecular formula is C14H7Cl2NOS3. The minimum Gasteiger partial charge on any atom is -0.307 e. The van der Waals surface area contributed by atoms with Crippen LogP contribution in [0.15, 0.2) is 34.6 Å². The number of rotatable bonds is 2. The van der Waals surface area contributed by atoms with Gasteiger partial charge in [-0.05, 0) is 41.3 Å². The van der Waals surface area contributed by atoms with Crippen molar-refractivity contribution in [2.24, 2.45) is 0 Å². The minimum atomic E-state index is -0.152. The lowest BCUT2D eigenvalue weighted by atomic mass is 10.1. The quantitative estimate of drug-likeness (QED) is 0.580. The molecule has 7 heteroatoms. The zero-order valence-corrected chi connectivity index (χ0v) is 14.3. The molecule has 2 heterocycles. The van der Waals surface area contributed by atoms with Crippen LogP contribution in [0.25, 0.3) is 17.2 Å². The lowest BCUT2D eigenvalue weighted by Gasteiger charge is -2.01. The minimum absolute atomic E-state index is 0.152. The molecule has 0 radical (unpaired) electrons. The SMILES string of the molecule is O=C1NC(=S)SC1=Cc1cc(-c2cc(Cl)ccc2Cl)cs1. The number of hydrogen-bond acceptors (Lipinski definition) is 4. The van der Waals surface area contributed by atoms with Crippen molar-refractivity contribution < 1.29 is 4.79 Å². The van der Waals surface area contributed by atoms with Crippen molar-refractivity contribution in [3.8, 4) is 11.1 Å². The van der Waals surface area contributed by atoms with Crippen LogP contribution in [0.2, 0.25) is 10.0 Å². The van der Waals surface area contributed by atoms with E-state index in [-0.39, 0.29) is 5.91 Å². The molecule has 1 aromatic carbocycles. The molecule has 2 aromatic rings. The van der Waals surface area contributed by atoms with Crippen LogP contribution in [0, 0.1) is 0 Å². The lowest BCUT2D eigenvalue weighted by Crippen LogP contribution is -2.17. The fraction of sp³-hybridized carbons (Fsp3) is 0. The number of thiocarbonyl (C=S) groups is 1. The van der Waals surface area contributed by atoms with Crippen LogP contribution in [-0.2, 0) is 4.79 Å². The molecule has 1 amide bonds. The third-order valence-corrected chi connectivity index (χ3v) is 5.38. The van der Waals surface area contributed by atoms with Gasteiger partial charge in [-0.1, -0.05) is 47.2 Å². The molecule has 0 unspecified atom stereocenters. The predicted octanol–water partition coefficient (Wildman–Crippen LogP) is 5.21. The number of carbonyl (C=O) groups excluding carboxylic acids is 1. The standard InChI is InChI=1S/C14H7Cl2NOS3/c15-8-1-2-11(16)10(4-8)7-3-9(20-6-7)5-12-13(18)17-14(19)21-12/h1-6H,(H,17,18,19). The van der Waals surface area contributed by atoms with E-state index < -0.39 is 0 Å². The third kappa shape index (κ3) is 3.33. The molecule has 1 saturated heterocycles. The number of thioether (sulfide) groups is 1. The van der Waals surface area contributed by atoms with Gasteiger partial charge in [0.05, 0.1) is 4.91 Å². The molecule has 2 nitrogen and oxygen atoms in total. The maximum Gasteiger partial charge on any atom is 0.263 e. The number of amides is 1. The van der Waals surface area contributed by atoms with Gasteiger partial charge in [0.2, 0.25) is 0 Å². The summed E-state index contributed by atoms with van der Waals surface area (Å²) >= 11 is 20.0. The molecule has 0 aliphatic carbocycles. The highest BCUT2D eigenvalue weighted by Gasteiger charge is 2.22. The first-order chi connectivity index (χ1) is 10.0. The average molecular weight is 372 g/mol. The highest BCUT2D eigenvalue weighted by Crippen LogP contribution is 2.35. The first-order valence-corrected chi connectivity index (χ1v) is 8.68. The molecule has 0 atom stereocenters. The van der Waals surface area contributed by atoms with Gasteiger partial charge in [-0.3, -0.25) is 4.79 Å². The Balaban J connectivity index is 1.94. The number of carbonyl (C=O) groups is 1. The fourth-order valence-corrected chi connectivity index (χ4v) is 4.19. The van der Waals surface area contributed by atoms with Gasteiger partial charge in [0.1, 0.15) is 4.32 Å². The molecule has 21 heavy (non-hydrogen) atoms. The third-order valence-electron chi connectivity index (χ3n) is 2.77. The largest absolute Gasteiger partial charge is 0.307 e. The molecule has 1 aromatic heterocycles. The van der Waals surface area contributed by atoms with E-state index in [0.717, 1.165) is 16.0 Å². The Kier molecular flexibility index (Phi) is 4.38. The van der Waals surface area contributed by atoms with E-state index in [0.29, 0.717) is 19.3 Å². The Hall–Kier alpha value is -0.850.